The summed E-state index contributed by atoms with van der Waals surface area (Å²) in [4.78, 5) is 29.0. The number of anilines is 2. The molecule has 8 heteroatoms. The summed E-state index contributed by atoms with van der Waals surface area (Å²) in [6.45, 7) is 5.95. The highest BCUT2D eigenvalue weighted by atomic mass is 19.1. The van der Waals surface area contributed by atoms with Crippen LogP contribution in [-0.4, -0.2) is 68.8 Å². The molecule has 2 aliphatic rings. The molecule has 1 atom stereocenters. The molecule has 33 heavy (non-hydrogen) atoms. The Balaban J connectivity index is 1.30. The second-order valence-corrected chi connectivity index (χ2v) is 8.29. The molecule has 0 radical (unpaired) electrons. The van der Waals surface area contributed by atoms with Crippen molar-refractivity contribution in [3.63, 3.8) is 0 Å². The van der Waals surface area contributed by atoms with Gasteiger partial charge in [0.25, 0.3) is 0 Å². The molecular formula is C25H29FN4O3. The number of amides is 2. The third-order valence-corrected chi connectivity index (χ3v) is 5.88. The topological polar surface area (TPSA) is 65.1 Å². The van der Waals surface area contributed by atoms with Crippen molar-refractivity contribution in [2.24, 2.45) is 0 Å². The van der Waals surface area contributed by atoms with Gasteiger partial charge in [-0.15, -0.1) is 0 Å². The fourth-order valence-electron chi connectivity index (χ4n) is 4.09. The summed E-state index contributed by atoms with van der Waals surface area (Å²) in [7, 11) is 0. The molecule has 4 rings (SSSR count). The van der Waals surface area contributed by atoms with Crippen LogP contribution >= 0.6 is 0 Å². The molecule has 1 unspecified atom stereocenters. The van der Waals surface area contributed by atoms with Crippen LogP contribution < -0.4 is 15.1 Å². The molecule has 0 spiro atoms. The van der Waals surface area contributed by atoms with E-state index in [1.807, 2.05) is 23.1 Å². The van der Waals surface area contributed by atoms with Gasteiger partial charge in [-0.2, -0.15) is 0 Å². The van der Waals surface area contributed by atoms with Gasteiger partial charge < -0.3 is 15.0 Å². The second-order valence-electron chi connectivity index (χ2n) is 8.29. The van der Waals surface area contributed by atoms with E-state index < -0.39 is 12.2 Å². The predicted molar refractivity (Wildman–Crippen MR) is 127 cm³/mol. The van der Waals surface area contributed by atoms with Crippen LogP contribution in [-0.2, 0) is 9.53 Å². The highest BCUT2D eigenvalue weighted by Gasteiger charge is 2.33. The Labute approximate surface area is 193 Å². The molecule has 7 nitrogen and oxygen atoms in total. The minimum absolute atomic E-state index is 0.188. The number of ether oxygens (including phenoxy) is 1. The second kappa shape index (κ2) is 10.5. The van der Waals surface area contributed by atoms with Crippen LogP contribution in [0.4, 0.5) is 20.6 Å². The smallest absolute Gasteiger partial charge is 0.414 e. The zero-order chi connectivity index (χ0) is 23.2. The van der Waals surface area contributed by atoms with E-state index in [0.717, 1.165) is 32.7 Å². The molecular weight excluding hydrogens is 423 g/mol. The number of carbonyl (C=O) groups excluding carboxylic acids is 2. The van der Waals surface area contributed by atoms with Gasteiger partial charge in [0.1, 0.15) is 11.9 Å². The standard InChI is InChI=1S/C25H29FN4O3/c1-19(31)27-17-22-18-30(25(32)33-22)21-9-10-24(23(26)16-21)29-14-12-28(13-15-29)11-5-8-20-6-3-2-4-7-20/h2-10,16,22H,11-15,17-18H2,1H3,(H,27,31). The molecule has 2 heterocycles. The van der Waals surface area contributed by atoms with Crippen LogP contribution in [0.1, 0.15) is 12.5 Å². The van der Waals surface area contributed by atoms with Gasteiger partial charge in [0.05, 0.1) is 24.5 Å². The normalized spacial score (nSPS) is 19.2. The van der Waals surface area contributed by atoms with Gasteiger partial charge in [0.15, 0.2) is 0 Å². The average molecular weight is 453 g/mol. The van der Waals surface area contributed by atoms with Crippen molar-refractivity contribution in [1.82, 2.24) is 10.2 Å². The average Bonchev–Trinajstić information content (AvgIpc) is 3.19. The number of carbonyl (C=O) groups is 2. The lowest BCUT2D eigenvalue weighted by atomic mass is 10.2. The van der Waals surface area contributed by atoms with Gasteiger partial charge in [-0.05, 0) is 23.8 Å². The molecule has 0 bridgehead atoms. The van der Waals surface area contributed by atoms with Crippen LogP contribution in [0.5, 0.6) is 0 Å². The van der Waals surface area contributed by atoms with Gasteiger partial charge >= 0.3 is 6.09 Å². The van der Waals surface area contributed by atoms with Gasteiger partial charge in [-0.1, -0.05) is 42.5 Å². The summed E-state index contributed by atoms with van der Waals surface area (Å²) >= 11 is 0. The minimum atomic E-state index is -0.533. The first-order valence-corrected chi connectivity index (χ1v) is 11.2. The van der Waals surface area contributed by atoms with Crippen molar-refractivity contribution in [1.29, 1.82) is 0 Å². The number of benzene rings is 2. The van der Waals surface area contributed by atoms with Crippen molar-refractivity contribution >= 4 is 29.5 Å². The lowest BCUT2D eigenvalue weighted by Gasteiger charge is -2.35. The van der Waals surface area contributed by atoms with E-state index in [0.29, 0.717) is 11.4 Å². The molecule has 0 saturated carbocycles. The summed E-state index contributed by atoms with van der Waals surface area (Å²) in [5.74, 6) is -0.546. The number of nitrogens with one attached hydrogen (secondary N) is 1. The van der Waals surface area contributed by atoms with Crippen LogP contribution in [0.25, 0.3) is 6.08 Å². The molecule has 0 aliphatic carbocycles. The number of hydrogen-bond donors (Lipinski definition) is 1. The highest BCUT2D eigenvalue weighted by molar-refractivity contribution is 5.90. The largest absolute Gasteiger partial charge is 0.442 e. The third-order valence-electron chi connectivity index (χ3n) is 5.88. The monoisotopic (exact) mass is 452 g/mol. The first kappa shape index (κ1) is 22.8. The van der Waals surface area contributed by atoms with Crippen LogP contribution in [0.15, 0.2) is 54.6 Å². The first-order valence-electron chi connectivity index (χ1n) is 11.2. The van der Waals surface area contributed by atoms with Crippen LogP contribution in [0.2, 0.25) is 0 Å². The molecule has 0 aromatic heterocycles. The van der Waals surface area contributed by atoms with E-state index in [1.54, 1.807) is 12.1 Å². The fourth-order valence-corrected chi connectivity index (χ4v) is 4.09. The number of rotatable bonds is 7. The van der Waals surface area contributed by atoms with Gasteiger partial charge in [0, 0.05) is 39.6 Å². The number of halogens is 1. The van der Waals surface area contributed by atoms with Crippen molar-refractivity contribution in [2.75, 3.05) is 55.6 Å². The molecule has 2 saturated heterocycles. The van der Waals surface area contributed by atoms with Gasteiger partial charge in [-0.25, -0.2) is 9.18 Å². The molecule has 1 N–H and O–H groups in total. The molecule has 2 amide bonds. The third kappa shape index (κ3) is 5.90. The van der Waals surface area contributed by atoms with E-state index >= 15 is 0 Å². The Kier molecular flexibility index (Phi) is 7.24. The van der Waals surface area contributed by atoms with Crippen LogP contribution in [0.3, 0.4) is 0 Å². The Morgan fingerprint density at radius 3 is 2.61 bits per heavy atom. The Hall–Kier alpha value is -3.39. The number of hydrogen-bond acceptors (Lipinski definition) is 5. The summed E-state index contributed by atoms with van der Waals surface area (Å²) in [5.41, 5.74) is 2.18. The Bertz CT molecular complexity index is 1010. The molecule has 174 valence electrons. The maximum Gasteiger partial charge on any atom is 0.414 e. The molecule has 2 aromatic carbocycles. The van der Waals surface area contributed by atoms with E-state index in [4.69, 9.17) is 4.74 Å². The quantitative estimate of drug-likeness (QED) is 0.699. The van der Waals surface area contributed by atoms with Crippen molar-refractivity contribution < 1.29 is 18.7 Å². The molecule has 2 fully saturated rings. The summed E-state index contributed by atoms with van der Waals surface area (Å²) in [6.07, 6.45) is 3.30. The number of cyclic esters (lactones) is 1. The zero-order valence-electron chi connectivity index (χ0n) is 18.7. The maximum absolute atomic E-state index is 15.0. The minimum Gasteiger partial charge on any atom is -0.442 e. The number of nitrogens with zero attached hydrogens (tertiary/aromatic N) is 3. The molecule has 2 aliphatic heterocycles. The van der Waals surface area contributed by atoms with Crippen molar-refractivity contribution in [3.05, 3.63) is 66.0 Å². The fraction of sp³-hybridized carbons (Fsp3) is 0.360. The van der Waals surface area contributed by atoms with Crippen LogP contribution in [0, 0.1) is 5.82 Å². The number of piperazine rings is 1. The Morgan fingerprint density at radius 1 is 1.15 bits per heavy atom. The highest BCUT2D eigenvalue weighted by Crippen LogP contribution is 2.28. The van der Waals surface area contributed by atoms with Crippen molar-refractivity contribution in [3.8, 4) is 0 Å². The SMILES string of the molecule is CC(=O)NCC1CN(c2ccc(N3CCN(CC=Cc4ccccc4)CC3)c(F)c2)C(=O)O1. The Morgan fingerprint density at radius 2 is 1.91 bits per heavy atom. The van der Waals surface area contributed by atoms with E-state index in [9.17, 15) is 14.0 Å². The van der Waals surface area contributed by atoms with Crippen molar-refractivity contribution in [2.45, 2.75) is 13.0 Å². The lowest BCUT2D eigenvalue weighted by Crippen LogP contribution is -2.46. The first-order chi connectivity index (χ1) is 16.0. The zero-order valence-corrected chi connectivity index (χ0v) is 18.7. The van der Waals surface area contributed by atoms with E-state index in [-0.39, 0.29) is 24.8 Å². The summed E-state index contributed by atoms with van der Waals surface area (Å²) in [5, 5.41) is 2.64. The predicted octanol–water partition coefficient (Wildman–Crippen LogP) is 3.12. The molecule has 2 aromatic rings. The summed E-state index contributed by atoms with van der Waals surface area (Å²) in [6, 6.07) is 15.1. The van der Waals surface area contributed by atoms with Gasteiger partial charge in [0.2, 0.25) is 5.91 Å². The maximum atomic E-state index is 15.0. The summed E-state index contributed by atoms with van der Waals surface area (Å²) < 4.78 is 20.2. The van der Waals surface area contributed by atoms with E-state index in [1.165, 1.54) is 23.5 Å². The van der Waals surface area contributed by atoms with Gasteiger partial charge in [-0.3, -0.25) is 14.6 Å². The lowest BCUT2D eigenvalue weighted by molar-refractivity contribution is -0.119. The van der Waals surface area contributed by atoms with E-state index in [2.05, 4.69) is 34.5 Å².